The predicted octanol–water partition coefficient (Wildman–Crippen LogP) is 4.43. The zero-order chi connectivity index (χ0) is 26.5. The largest absolute Gasteiger partial charge is 0.478 e. The van der Waals surface area contributed by atoms with Gasteiger partial charge < -0.3 is 14.6 Å². The number of carbonyl (C=O) groups is 2. The first-order valence-corrected chi connectivity index (χ1v) is 13.3. The average molecular weight is 524 g/mol. The van der Waals surface area contributed by atoms with Crippen LogP contribution in [0.2, 0.25) is 0 Å². The molecule has 1 aliphatic carbocycles. The maximum Gasteiger partial charge on any atom is 0.337 e. The van der Waals surface area contributed by atoms with Gasteiger partial charge in [-0.05, 0) is 71.8 Å². The van der Waals surface area contributed by atoms with Gasteiger partial charge in [0.05, 0.1) is 15.9 Å². The molecule has 3 aromatic carbocycles. The number of hydrogen-bond acceptors (Lipinski definition) is 6. The maximum atomic E-state index is 13.5. The number of aryl methyl sites for hydroxylation is 1. The van der Waals surface area contributed by atoms with E-state index in [0.29, 0.717) is 17.1 Å². The number of ketones is 1. The van der Waals surface area contributed by atoms with E-state index in [-0.39, 0.29) is 30.9 Å². The van der Waals surface area contributed by atoms with E-state index in [0.717, 1.165) is 39.4 Å². The molecule has 0 bridgehead atoms. The summed E-state index contributed by atoms with van der Waals surface area (Å²) in [5, 5.41) is 9.74. The van der Waals surface area contributed by atoms with Crippen molar-refractivity contribution < 1.29 is 34.0 Å². The summed E-state index contributed by atoms with van der Waals surface area (Å²) in [5.41, 5.74) is 3.09. The van der Waals surface area contributed by atoms with Gasteiger partial charge in [-0.15, -0.1) is 0 Å². The zero-order valence-corrected chi connectivity index (χ0v) is 21.6. The summed E-state index contributed by atoms with van der Waals surface area (Å²) in [7, 11) is -1.22. The van der Waals surface area contributed by atoms with E-state index in [1.165, 1.54) is 26.2 Å². The van der Waals surface area contributed by atoms with Gasteiger partial charge in [0.1, 0.15) is 5.78 Å². The first-order valence-electron chi connectivity index (χ1n) is 11.9. The lowest BCUT2D eigenvalue weighted by molar-refractivity contribution is -0.120. The van der Waals surface area contributed by atoms with Gasteiger partial charge in [0.15, 0.2) is 11.5 Å². The molecule has 0 amide bonds. The molecule has 1 fully saturated rings. The average Bonchev–Trinajstić information content (AvgIpc) is 3.55. The first kappa shape index (κ1) is 25.0. The zero-order valence-electron chi connectivity index (χ0n) is 20.8. The van der Waals surface area contributed by atoms with E-state index in [1.807, 2.05) is 43.3 Å². The smallest absolute Gasteiger partial charge is 0.337 e. The second kappa shape index (κ2) is 9.00. The summed E-state index contributed by atoms with van der Waals surface area (Å²) >= 11 is 0. The standard InChI is InChI=1S/C28H27NO7S.H2/c1-17-4-5-18(13-26(30)28(10-11-28)20-7-8-23-24(15-20)36-16-35-23)12-21(17)19-6-9-25(22(14-19)27(31)32)37(33,34)29(2)3;/h4-9,12,14-15H,10-11,13,16H2,1-3H3,(H,31,32);1H. The van der Waals surface area contributed by atoms with Crippen molar-refractivity contribution in [2.45, 2.75) is 36.5 Å². The molecule has 8 nitrogen and oxygen atoms in total. The molecule has 1 saturated carbocycles. The minimum atomic E-state index is -3.93. The van der Waals surface area contributed by atoms with Gasteiger partial charge in [-0.25, -0.2) is 17.5 Å². The summed E-state index contributed by atoms with van der Waals surface area (Å²) in [6, 6.07) is 15.6. The van der Waals surface area contributed by atoms with Crippen molar-refractivity contribution in [2.75, 3.05) is 20.9 Å². The molecule has 0 unspecified atom stereocenters. The predicted molar refractivity (Wildman–Crippen MR) is 139 cm³/mol. The van der Waals surface area contributed by atoms with Crippen molar-refractivity contribution in [3.8, 4) is 22.6 Å². The van der Waals surface area contributed by atoms with Crippen molar-refractivity contribution in [1.82, 2.24) is 4.31 Å². The molecule has 1 heterocycles. The molecule has 194 valence electrons. The molecule has 37 heavy (non-hydrogen) atoms. The van der Waals surface area contributed by atoms with E-state index < -0.39 is 21.4 Å². The Balaban J connectivity index is 0.00000336. The van der Waals surface area contributed by atoms with E-state index in [4.69, 9.17) is 9.47 Å². The Hall–Kier alpha value is -3.69. The highest BCUT2D eigenvalue weighted by Crippen LogP contribution is 2.51. The number of benzene rings is 3. The van der Waals surface area contributed by atoms with Crippen LogP contribution in [0.15, 0.2) is 59.5 Å². The van der Waals surface area contributed by atoms with Crippen LogP contribution in [0.3, 0.4) is 0 Å². The van der Waals surface area contributed by atoms with E-state index in [2.05, 4.69) is 0 Å². The number of hydrogen-bond donors (Lipinski definition) is 1. The summed E-state index contributed by atoms with van der Waals surface area (Å²) < 4.78 is 37.1. The number of aromatic carboxylic acids is 1. The van der Waals surface area contributed by atoms with E-state index >= 15 is 0 Å². The Kier molecular flexibility index (Phi) is 6.08. The quantitative estimate of drug-likeness (QED) is 0.465. The molecule has 0 aromatic heterocycles. The summed E-state index contributed by atoms with van der Waals surface area (Å²) in [5.74, 6) is 0.119. The highest BCUT2D eigenvalue weighted by molar-refractivity contribution is 7.89. The van der Waals surface area contributed by atoms with Gasteiger partial charge in [-0.1, -0.05) is 30.3 Å². The second-order valence-corrected chi connectivity index (χ2v) is 11.8. The summed E-state index contributed by atoms with van der Waals surface area (Å²) in [6.07, 6.45) is 1.77. The second-order valence-electron chi connectivity index (χ2n) is 9.70. The minimum absolute atomic E-state index is 0. The minimum Gasteiger partial charge on any atom is -0.478 e. The Morgan fingerprint density at radius 3 is 2.41 bits per heavy atom. The molecule has 3 aromatic rings. The van der Waals surface area contributed by atoms with Crippen LogP contribution in [-0.4, -0.2) is 50.5 Å². The van der Waals surface area contributed by atoms with Crippen molar-refractivity contribution in [3.63, 3.8) is 0 Å². The number of rotatable bonds is 8. The number of ether oxygens (including phenoxy) is 2. The molecule has 0 saturated heterocycles. The molecule has 0 spiro atoms. The summed E-state index contributed by atoms with van der Waals surface area (Å²) in [4.78, 5) is 25.2. The fourth-order valence-electron chi connectivity index (χ4n) is 4.78. The first-order chi connectivity index (χ1) is 17.5. The monoisotopic (exact) mass is 523 g/mol. The van der Waals surface area contributed by atoms with Crippen LogP contribution in [0.1, 0.15) is 41.3 Å². The number of carboxylic acid groups (broad SMARTS) is 1. The topological polar surface area (TPSA) is 110 Å². The Bertz CT molecular complexity index is 1540. The molecular formula is C28H29NO7S. The third-order valence-corrected chi connectivity index (χ3v) is 9.03. The fraction of sp³-hybridized carbons (Fsp3) is 0.286. The molecule has 9 heteroatoms. The molecule has 0 atom stereocenters. The lowest BCUT2D eigenvalue weighted by Gasteiger charge is -2.17. The Morgan fingerprint density at radius 2 is 1.73 bits per heavy atom. The fourth-order valence-corrected chi connectivity index (χ4v) is 5.84. The number of fused-ring (bicyclic) bond motifs is 1. The van der Waals surface area contributed by atoms with Crippen LogP contribution in [-0.2, 0) is 26.7 Å². The molecule has 1 aliphatic heterocycles. The molecule has 1 N–H and O–H groups in total. The highest BCUT2D eigenvalue weighted by atomic mass is 32.2. The molecule has 5 rings (SSSR count). The van der Waals surface area contributed by atoms with Crippen LogP contribution in [0.25, 0.3) is 11.1 Å². The number of nitrogens with zero attached hydrogens (tertiary/aromatic N) is 1. The van der Waals surface area contributed by atoms with Gasteiger partial charge in [-0.3, -0.25) is 4.79 Å². The van der Waals surface area contributed by atoms with Gasteiger partial charge >= 0.3 is 5.97 Å². The normalized spacial score (nSPS) is 15.6. The van der Waals surface area contributed by atoms with Crippen LogP contribution >= 0.6 is 0 Å². The summed E-state index contributed by atoms with van der Waals surface area (Å²) in [6.45, 7) is 2.07. The third kappa shape index (κ3) is 4.38. The van der Waals surface area contributed by atoms with E-state index in [1.54, 1.807) is 6.07 Å². The molecule has 2 aliphatic rings. The SMILES string of the molecule is Cc1ccc(CC(=O)C2(c3ccc4c(c3)OCO4)CC2)cc1-c1ccc(S(=O)(=O)N(C)C)c(C(=O)O)c1.[HH]. The van der Waals surface area contributed by atoms with Crippen molar-refractivity contribution in [3.05, 3.63) is 76.9 Å². The van der Waals surface area contributed by atoms with Crippen LogP contribution < -0.4 is 9.47 Å². The Morgan fingerprint density at radius 1 is 1.00 bits per heavy atom. The highest BCUT2D eigenvalue weighted by Gasteiger charge is 2.50. The third-order valence-electron chi connectivity index (χ3n) is 7.16. The Labute approximate surface area is 217 Å². The number of carbonyl (C=O) groups excluding carboxylic acids is 1. The number of Topliss-reactive ketones (excluding diaryl/α,β-unsaturated/α-hetero) is 1. The number of carboxylic acids is 1. The lowest BCUT2D eigenvalue weighted by Crippen LogP contribution is -2.24. The number of sulfonamides is 1. The lowest BCUT2D eigenvalue weighted by atomic mass is 9.86. The van der Waals surface area contributed by atoms with Gasteiger partial charge in [-0.2, -0.15) is 0 Å². The van der Waals surface area contributed by atoms with Crippen LogP contribution in [0.4, 0.5) is 0 Å². The van der Waals surface area contributed by atoms with Crippen LogP contribution in [0, 0.1) is 6.92 Å². The van der Waals surface area contributed by atoms with Gasteiger partial charge in [0.25, 0.3) is 0 Å². The van der Waals surface area contributed by atoms with Gasteiger partial charge in [0.2, 0.25) is 16.8 Å². The van der Waals surface area contributed by atoms with Gasteiger partial charge in [0, 0.05) is 21.9 Å². The maximum absolute atomic E-state index is 13.5. The molecule has 0 radical (unpaired) electrons. The van der Waals surface area contributed by atoms with Crippen molar-refractivity contribution in [1.29, 1.82) is 0 Å². The van der Waals surface area contributed by atoms with Crippen molar-refractivity contribution >= 4 is 21.8 Å². The van der Waals surface area contributed by atoms with Crippen molar-refractivity contribution in [2.24, 2.45) is 0 Å². The van der Waals surface area contributed by atoms with Crippen LogP contribution in [0.5, 0.6) is 11.5 Å². The van der Waals surface area contributed by atoms with E-state index in [9.17, 15) is 23.1 Å². The molecular weight excluding hydrogens is 494 g/mol.